The molecule has 8 heteroatoms. The zero-order chi connectivity index (χ0) is 25.7. The molecule has 0 saturated carbocycles. The van der Waals surface area contributed by atoms with E-state index in [0.29, 0.717) is 15.1 Å². The number of carbonyl (C=O) groups excluding carboxylic acids is 1. The average molecular weight is 548 g/mol. The van der Waals surface area contributed by atoms with E-state index in [9.17, 15) is 4.79 Å². The fourth-order valence-electron chi connectivity index (χ4n) is 4.75. The molecule has 0 radical (unpaired) electrons. The summed E-state index contributed by atoms with van der Waals surface area (Å²) in [5, 5.41) is 1.91. The van der Waals surface area contributed by atoms with Crippen molar-refractivity contribution in [3.8, 4) is 11.3 Å². The number of halogens is 3. The molecule has 36 heavy (non-hydrogen) atoms. The van der Waals surface area contributed by atoms with Crippen molar-refractivity contribution in [2.75, 3.05) is 50.7 Å². The summed E-state index contributed by atoms with van der Waals surface area (Å²) in [6.07, 6.45) is 1.87. The van der Waals surface area contributed by atoms with Gasteiger partial charge >= 0.3 is 0 Å². The molecule has 1 amide bonds. The zero-order valence-corrected chi connectivity index (χ0v) is 23.1. The Morgan fingerprint density at radius 1 is 1.00 bits per heavy atom. The van der Waals surface area contributed by atoms with Crippen LogP contribution in [0.15, 0.2) is 48.5 Å². The standard InChI is InChI=1S/C28H33Cl3N4O/c1-3-12-35(28(36)23-19-25(32-20(23)2)21-8-10-22(29)11-9-21)14-5-13-33-15-17-34(18-16-33)26-7-4-6-24(30)27(26)31/h4,6-11,19,32H,3,5,12-18H2,1-2H3. The van der Waals surface area contributed by atoms with Gasteiger partial charge in [0.15, 0.2) is 0 Å². The highest BCUT2D eigenvalue weighted by Gasteiger charge is 2.22. The quantitative estimate of drug-likeness (QED) is 0.313. The van der Waals surface area contributed by atoms with Crippen LogP contribution in [0.1, 0.15) is 35.8 Å². The van der Waals surface area contributed by atoms with Crippen LogP contribution < -0.4 is 4.90 Å². The molecule has 1 aliphatic rings. The van der Waals surface area contributed by atoms with Crippen LogP contribution in [0.4, 0.5) is 5.69 Å². The van der Waals surface area contributed by atoms with E-state index in [2.05, 4.69) is 21.7 Å². The first-order valence-electron chi connectivity index (χ1n) is 12.5. The number of aromatic amines is 1. The van der Waals surface area contributed by atoms with Crippen LogP contribution in [0.5, 0.6) is 0 Å². The van der Waals surface area contributed by atoms with Crippen molar-refractivity contribution in [1.29, 1.82) is 0 Å². The fraction of sp³-hybridized carbons (Fsp3) is 0.393. The largest absolute Gasteiger partial charge is 0.368 e. The van der Waals surface area contributed by atoms with E-state index in [1.54, 1.807) is 0 Å². The molecular formula is C28H33Cl3N4O. The number of carbonyl (C=O) groups is 1. The molecule has 4 rings (SSSR count). The first-order chi connectivity index (χ1) is 17.4. The van der Waals surface area contributed by atoms with Gasteiger partial charge in [-0.1, -0.05) is 59.9 Å². The van der Waals surface area contributed by atoms with Crippen molar-refractivity contribution in [1.82, 2.24) is 14.8 Å². The van der Waals surface area contributed by atoms with E-state index < -0.39 is 0 Å². The minimum Gasteiger partial charge on any atom is -0.368 e. The van der Waals surface area contributed by atoms with Crippen LogP contribution >= 0.6 is 34.8 Å². The lowest BCUT2D eigenvalue weighted by atomic mass is 10.1. The summed E-state index contributed by atoms with van der Waals surface area (Å²) < 4.78 is 0. The van der Waals surface area contributed by atoms with Crippen molar-refractivity contribution in [2.24, 2.45) is 0 Å². The summed E-state index contributed by atoms with van der Waals surface area (Å²) in [7, 11) is 0. The normalized spacial score (nSPS) is 14.3. The number of nitrogens with one attached hydrogen (secondary N) is 1. The minimum atomic E-state index is 0.0891. The number of rotatable bonds is 9. The molecule has 2 aromatic carbocycles. The summed E-state index contributed by atoms with van der Waals surface area (Å²) in [4.78, 5) is 23.6. The number of H-pyrrole nitrogens is 1. The first kappa shape index (κ1) is 26.9. The lowest BCUT2D eigenvalue weighted by Crippen LogP contribution is -2.47. The maximum absolute atomic E-state index is 13.4. The van der Waals surface area contributed by atoms with Crippen molar-refractivity contribution < 1.29 is 4.79 Å². The third-order valence-electron chi connectivity index (χ3n) is 6.73. The van der Waals surface area contributed by atoms with Gasteiger partial charge in [-0.3, -0.25) is 9.69 Å². The van der Waals surface area contributed by atoms with Gasteiger partial charge < -0.3 is 14.8 Å². The molecule has 192 valence electrons. The van der Waals surface area contributed by atoms with E-state index in [0.717, 1.165) is 86.9 Å². The molecule has 0 aliphatic carbocycles. The van der Waals surface area contributed by atoms with Gasteiger partial charge in [-0.2, -0.15) is 0 Å². The molecule has 2 heterocycles. The second-order valence-electron chi connectivity index (χ2n) is 9.28. The number of aromatic nitrogens is 1. The van der Waals surface area contributed by atoms with Crippen molar-refractivity contribution in [2.45, 2.75) is 26.7 Å². The Morgan fingerprint density at radius 3 is 2.42 bits per heavy atom. The Kier molecular flexibility index (Phi) is 9.24. The Labute approximate surface area is 228 Å². The Morgan fingerprint density at radius 2 is 1.72 bits per heavy atom. The molecule has 1 aromatic heterocycles. The van der Waals surface area contributed by atoms with Crippen LogP contribution in [-0.2, 0) is 0 Å². The van der Waals surface area contributed by atoms with E-state index >= 15 is 0 Å². The summed E-state index contributed by atoms with van der Waals surface area (Å²) in [5.41, 5.74) is 4.58. The molecule has 0 spiro atoms. The molecule has 3 aromatic rings. The number of hydrogen-bond acceptors (Lipinski definition) is 3. The second-order valence-corrected chi connectivity index (χ2v) is 10.5. The maximum atomic E-state index is 13.4. The van der Waals surface area contributed by atoms with E-state index in [-0.39, 0.29) is 5.91 Å². The zero-order valence-electron chi connectivity index (χ0n) is 20.9. The number of nitrogens with zero attached hydrogens (tertiary/aromatic N) is 3. The van der Waals surface area contributed by atoms with Crippen LogP contribution in [0.3, 0.4) is 0 Å². The highest BCUT2D eigenvalue weighted by molar-refractivity contribution is 6.43. The van der Waals surface area contributed by atoms with Gasteiger partial charge in [0.05, 0.1) is 21.3 Å². The summed E-state index contributed by atoms with van der Waals surface area (Å²) in [5.74, 6) is 0.0891. The third-order valence-corrected chi connectivity index (χ3v) is 7.79. The monoisotopic (exact) mass is 546 g/mol. The lowest BCUT2D eigenvalue weighted by molar-refractivity contribution is 0.0746. The van der Waals surface area contributed by atoms with Crippen LogP contribution in [-0.4, -0.2) is 66.5 Å². The van der Waals surface area contributed by atoms with Crippen LogP contribution in [0, 0.1) is 6.92 Å². The number of amides is 1. The van der Waals surface area contributed by atoms with Crippen LogP contribution in [0.25, 0.3) is 11.3 Å². The predicted molar refractivity (Wildman–Crippen MR) is 152 cm³/mol. The number of hydrogen-bond donors (Lipinski definition) is 1. The van der Waals surface area contributed by atoms with Crippen LogP contribution in [0.2, 0.25) is 15.1 Å². The highest BCUT2D eigenvalue weighted by atomic mass is 35.5. The Balaban J connectivity index is 1.31. The Hall–Kier alpha value is -2.18. The van der Waals surface area contributed by atoms with Gasteiger partial charge in [-0.15, -0.1) is 0 Å². The van der Waals surface area contributed by atoms with Crippen molar-refractivity contribution in [3.63, 3.8) is 0 Å². The van der Waals surface area contributed by atoms with Crippen molar-refractivity contribution in [3.05, 3.63) is 74.9 Å². The number of aryl methyl sites for hydroxylation is 1. The SMILES string of the molecule is CCCN(CCCN1CCN(c2cccc(Cl)c2Cl)CC1)C(=O)c1cc(-c2ccc(Cl)cc2)[nH]c1C. The van der Waals surface area contributed by atoms with E-state index in [1.807, 2.05) is 60.4 Å². The molecule has 0 unspecified atom stereocenters. The highest BCUT2D eigenvalue weighted by Crippen LogP contribution is 2.33. The third kappa shape index (κ3) is 6.38. The molecule has 0 bridgehead atoms. The molecule has 1 aliphatic heterocycles. The molecular weight excluding hydrogens is 515 g/mol. The van der Waals surface area contributed by atoms with Gasteiger partial charge in [-0.25, -0.2) is 0 Å². The topological polar surface area (TPSA) is 42.6 Å². The van der Waals surface area contributed by atoms with Gasteiger partial charge in [0.25, 0.3) is 5.91 Å². The molecule has 5 nitrogen and oxygen atoms in total. The smallest absolute Gasteiger partial charge is 0.255 e. The molecule has 0 atom stereocenters. The second kappa shape index (κ2) is 12.4. The van der Waals surface area contributed by atoms with Gasteiger partial charge in [0, 0.05) is 55.7 Å². The summed E-state index contributed by atoms with van der Waals surface area (Å²) in [6.45, 7) is 10.3. The predicted octanol–water partition coefficient (Wildman–Crippen LogP) is 7.01. The van der Waals surface area contributed by atoms with E-state index in [1.165, 1.54) is 0 Å². The molecule has 1 saturated heterocycles. The number of anilines is 1. The lowest BCUT2D eigenvalue weighted by Gasteiger charge is -2.37. The number of piperazine rings is 1. The summed E-state index contributed by atoms with van der Waals surface area (Å²) >= 11 is 18.6. The minimum absolute atomic E-state index is 0.0891. The van der Waals surface area contributed by atoms with E-state index in [4.69, 9.17) is 34.8 Å². The fourth-order valence-corrected chi connectivity index (χ4v) is 5.30. The Bertz CT molecular complexity index is 1170. The van der Waals surface area contributed by atoms with Gasteiger partial charge in [0.1, 0.15) is 0 Å². The summed E-state index contributed by atoms with van der Waals surface area (Å²) in [6, 6.07) is 15.4. The molecule has 1 fully saturated rings. The first-order valence-corrected chi connectivity index (χ1v) is 13.7. The number of benzene rings is 2. The van der Waals surface area contributed by atoms with Crippen molar-refractivity contribution >= 4 is 46.4 Å². The maximum Gasteiger partial charge on any atom is 0.255 e. The van der Waals surface area contributed by atoms with Gasteiger partial charge in [-0.05, 0) is 62.2 Å². The average Bonchev–Trinajstić information content (AvgIpc) is 3.27. The van der Waals surface area contributed by atoms with Gasteiger partial charge in [0.2, 0.25) is 0 Å². The molecule has 1 N–H and O–H groups in total.